The predicted molar refractivity (Wildman–Crippen MR) is 101 cm³/mol. The van der Waals surface area contributed by atoms with Crippen LogP contribution in [-0.2, 0) is 12.8 Å². The smallest absolute Gasteiger partial charge is 0.193 e. The third kappa shape index (κ3) is 4.31. The maximum Gasteiger partial charge on any atom is 0.193 e. The van der Waals surface area contributed by atoms with Crippen molar-refractivity contribution in [3.63, 3.8) is 0 Å². The van der Waals surface area contributed by atoms with Crippen LogP contribution in [-0.4, -0.2) is 24.7 Å². The lowest BCUT2D eigenvalue weighted by molar-refractivity contribution is 0.187. The average Bonchev–Trinajstić information content (AvgIpc) is 2.66. The number of anilines is 1. The summed E-state index contributed by atoms with van der Waals surface area (Å²) in [6.45, 7) is 0.209. The molecule has 3 rings (SSSR count). The molecule has 0 aromatic heterocycles. The number of fused-ring (bicyclic) bond motifs is 1. The van der Waals surface area contributed by atoms with Crippen LogP contribution in [0.5, 0.6) is 5.75 Å². The van der Waals surface area contributed by atoms with E-state index in [2.05, 4.69) is 16.4 Å². The molecule has 4 N–H and O–H groups in total. The van der Waals surface area contributed by atoms with E-state index in [1.165, 1.54) is 24.0 Å². The molecule has 132 valence electrons. The predicted octanol–water partition coefficient (Wildman–Crippen LogP) is 3.03. The summed E-state index contributed by atoms with van der Waals surface area (Å²) in [6, 6.07) is 13.6. The van der Waals surface area contributed by atoms with Gasteiger partial charge in [-0.1, -0.05) is 24.3 Å². The molecule has 0 saturated heterocycles. The first-order valence-electron chi connectivity index (χ1n) is 8.67. The third-order valence-corrected chi connectivity index (χ3v) is 4.59. The van der Waals surface area contributed by atoms with Crippen LogP contribution >= 0.6 is 0 Å². The van der Waals surface area contributed by atoms with Crippen molar-refractivity contribution < 1.29 is 9.84 Å². The molecule has 1 aliphatic carbocycles. The summed E-state index contributed by atoms with van der Waals surface area (Å²) < 4.78 is 5.12. The zero-order valence-corrected chi connectivity index (χ0v) is 14.5. The van der Waals surface area contributed by atoms with Gasteiger partial charge in [0.1, 0.15) is 5.75 Å². The standard InChI is InChI=1S/C20H25N3O2/c1-25-16-11-9-15(10-12-16)19(24)13-22-20(21)23-18-8-4-6-14-5-2-3-7-17(14)18/h4,6,8-12,19,24H,2-3,5,7,13H2,1H3,(H3,21,22,23). The Morgan fingerprint density at radius 1 is 1.20 bits per heavy atom. The lowest BCUT2D eigenvalue weighted by Gasteiger charge is -2.20. The van der Waals surface area contributed by atoms with Gasteiger partial charge in [-0.05, 0) is 60.6 Å². The van der Waals surface area contributed by atoms with Crippen LogP contribution in [0, 0.1) is 0 Å². The van der Waals surface area contributed by atoms with Crippen LogP contribution in [0.4, 0.5) is 5.69 Å². The Bertz CT molecular complexity index is 741. The first-order chi connectivity index (χ1) is 12.2. The molecule has 2 aromatic carbocycles. The molecule has 0 fully saturated rings. The molecule has 5 heteroatoms. The maximum absolute atomic E-state index is 10.3. The number of aliphatic imine (C=N–C) groups is 1. The molecule has 0 saturated carbocycles. The number of aryl methyl sites for hydroxylation is 1. The summed E-state index contributed by atoms with van der Waals surface area (Å²) >= 11 is 0. The maximum atomic E-state index is 10.3. The molecule has 0 bridgehead atoms. The quantitative estimate of drug-likeness (QED) is 0.578. The summed E-state index contributed by atoms with van der Waals surface area (Å²) in [4.78, 5) is 4.29. The number of nitrogens with zero attached hydrogens (tertiary/aromatic N) is 1. The minimum Gasteiger partial charge on any atom is -0.497 e. The third-order valence-electron chi connectivity index (χ3n) is 4.59. The van der Waals surface area contributed by atoms with Crippen LogP contribution in [0.2, 0.25) is 0 Å². The largest absolute Gasteiger partial charge is 0.497 e. The summed E-state index contributed by atoms with van der Waals surface area (Å²) in [5.74, 6) is 1.08. The number of hydrogen-bond donors (Lipinski definition) is 3. The van der Waals surface area contributed by atoms with E-state index in [-0.39, 0.29) is 6.54 Å². The van der Waals surface area contributed by atoms with E-state index < -0.39 is 6.10 Å². The minimum absolute atomic E-state index is 0.209. The van der Waals surface area contributed by atoms with Crippen LogP contribution in [0.15, 0.2) is 47.5 Å². The lowest BCUT2D eigenvalue weighted by atomic mass is 9.90. The van der Waals surface area contributed by atoms with Gasteiger partial charge >= 0.3 is 0 Å². The van der Waals surface area contributed by atoms with Gasteiger partial charge in [0.05, 0.1) is 19.8 Å². The number of rotatable bonds is 5. The van der Waals surface area contributed by atoms with E-state index in [1.54, 1.807) is 7.11 Å². The summed E-state index contributed by atoms with van der Waals surface area (Å²) in [7, 11) is 1.62. The summed E-state index contributed by atoms with van der Waals surface area (Å²) in [6.07, 6.45) is 3.95. The van der Waals surface area contributed by atoms with Crippen molar-refractivity contribution in [2.45, 2.75) is 31.8 Å². The summed E-state index contributed by atoms with van der Waals surface area (Å²) in [5, 5.41) is 13.5. The fourth-order valence-electron chi connectivity index (χ4n) is 3.19. The second-order valence-corrected chi connectivity index (χ2v) is 6.29. The Labute approximate surface area is 148 Å². The van der Waals surface area contributed by atoms with E-state index in [9.17, 15) is 5.11 Å². The molecule has 5 nitrogen and oxygen atoms in total. The topological polar surface area (TPSA) is 79.9 Å². The van der Waals surface area contributed by atoms with Crippen LogP contribution in [0.25, 0.3) is 0 Å². The van der Waals surface area contributed by atoms with E-state index >= 15 is 0 Å². The number of benzene rings is 2. The van der Waals surface area contributed by atoms with Crippen molar-refractivity contribution in [3.05, 3.63) is 59.2 Å². The molecule has 0 spiro atoms. The number of methoxy groups -OCH3 is 1. The van der Waals surface area contributed by atoms with Crippen molar-refractivity contribution in [2.24, 2.45) is 10.7 Å². The molecule has 25 heavy (non-hydrogen) atoms. The van der Waals surface area contributed by atoms with E-state index in [1.807, 2.05) is 36.4 Å². The summed E-state index contributed by atoms with van der Waals surface area (Å²) in [5.41, 5.74) is 10.6. The first-order valence-corrected chi connectivity index (χ1v) is 8.67. The number of aliphatic hydroxyl groups is 1. The zero-order chi connectivity index (χ0) is 17.6. The highest BCUT2D eigenvalue weighted by Gasteiger charge is 2.13. The lowest BCUT2D eigenvalue weighted by Crippen LogP contribution is -2.25. The Hall–Kier alpha value is -2.53. The van der Waals surface area contributed by atoms with Gasteiger partial charge in [-0.15, -0.1) is 0 Å². The molecule has 0 aliphatic heterocycles. The van der Waals surface area contributed by atoms with E-state index in [0.29, 0.717) is 5.96 Å². The number of aliphatic hydroxyl groups excluding tert-OH is 1. The molecule has 0 radical (unpaired) electrons. The van der Waals surface area contributed by atoms with Crippen molar-refractivity contribution >= 4 is 11.6 Å². The van der Waals surface area contributed by atoms with Gasteiger partial charge in [-0.25, -0.2) is 0 Å². The van der Waals surface area contributed by atoms with Crippen LogP contribution in [0.1, 0.15) is 35.6 Å². The molecule has 0 heterocycles. The minimum atomic E-state index is -0.698. The highest BCUT2D eigenvalue weighted by Crippen LogP contribution is 2.27. The van der Waals surface area contributed by atoms with Crippen LogP contribution in [0.3, 0.4) is 0 Å². The molecular weight excluding hydrogens is 314 g/mol. The van der Waals surface area contributed by atoms with Gasteiger partial charge < -0.3 is 20.9 Å². The zero-order valence-electron chi connectivity index (χ0n) is 14.5. The first kappa shape index (κ1) is 17.3. The second kappa shape index (κ2) is 8.03. The molecule has 1 atom stereocenters. The molecule has 1 unspecified atom stereocenters. The highest BCUT2D eigenvalue weighted by atomic mass is 16.5. The fraction of sp³-hybridized carbons (Fsp3) is 0.350. The fourth-order valence-corrected chi connectivity index (χ4v) is 3.19. The number of ether oxygens (including phenoxy) is 1. The van der Waals surface area contributed by atoms with Crippen molar-refractivity contribution in [2.75, 3.05) is 19.0 Å². The normalized spacial score (nSPS) is 15.4. The highest BCUT2D eigenvalue weighted by molar-refractivity contribution is 5.93. The van der Waals surface area contributed by atoms with Gasteiger partial charge in [0.2, 0.25) is 0 Å². The van der Waals surface area contributed by atoms with E-state index in [0.717, 1.165) is 29.8 Å². The number of hydrogen-bond acceptors (Lipinski definition) is 3. The molecule has 1 aliphatic rings. The molecular formula is C20H25N3O2. The number of guanidine groups is 1. The number of nitrogens with two attached hydrogens (primary N) is 1. The number of nitrogens with one attached hydrogen (secondary N) is 1. The monoisotopic (exact) mass is 339 g/mol. The van der Waals surface area contributed by atoms with Gasteiger partial charge in [0.15, 0.2) is 5.96 Å². The molecule has 2 aromatic rings. The molecule has 0 amide bonds. The van der Waals surface area contributed by atoms with Crippen molar-refractivity contribution in [1.29, 1.82) is 0 Å². The Morgan fingerprint density at radius 2 is 1.96 bits per heavy atom. The van der Waals surface area contributed by atoms with Crippen molar-refractivity contribution in [3.8, 4) is 5.75 Å². The van der Waals surface area contributed by atoms with E-state index in [4.69, 9.17) is 10.5 Å². The van der Waals surface area contributed by atoms with Gasteiger partial charge in [-0.3, -0.25) is 4.99 Å². The van der Waals surface area contributed by atoms with Crippen molar-refractivity contribution in [1.82, 2.24) is 0 Å². The van der Waals surface area contributed by atoms with Gasteiger partial charge in [0, 0.05) is 5.69 Å². The Kier molecular flexibility index (Phi) is 5.56. The Morgan fingerprint density at radius 3 is 2.72 bits per heavy atom. The average molecular weight is 339 g/mol. The Balaban J connectivity index is 1.64. The van der Waals surface area contributed by atoms with Gasteiger partial charge in [-0.2, -0.15) is 0 Å². The second-order valence-electron chi connectivity index (χ2n) is 6.29. The van der Waals surface area contributed by atoms with Gasteiger partial charge in [0.25, 0.3) is 0 Å². The van der Waals surface area contributed by atoms with Crippen LogP contribution < -0.4 is 15.8 Å². The SMILES string of the molecule is COc1ccc(C(O)CN=C(N)Nc2cccc3c2CCCC3)cc1.